The van der Waals surface area contributed by atoms with E-state index >= 15 is 0 Å². The van der Waals surface area contributed by atoms with Crippen molar-refractivity contribution in [2.24, 2.45) is 15.5 Å². The van der Waals surface area contributed by atoms with Gasteiger partial charge in [0.2, 0.25) is 0 Å². The molecule has 0 saturated heterocycles. The highest BCUT2D eigenvalue weighted by molar-refractivity contribution is 6.75. The summed E-state index contributed by atoms with van der Waals surface area (Å²) < 4.78 is 4.64. The molecular formula is C13H27NSi. The van der Waals surface area contributed by atoms with Gasteiger partial charge in [0.15, 0.2) is 8.24 Å². The fourth-order valence-electron chi connectivity index (χ4n) is 1.68. The van der Waals surface area contributed by atoms with Crippen molar-refractivity contribution in [2.75, 3.05) is 0 Å². The lowest BCUT2D eigenvalue weighted by Gasteiger charge is -2.31. The Morgan fingerprint density at radius 1 is 0.867 bits per heavy atom. The van der Waals surface area contributed by atoms with Crippen molar-refractivity contribution in [3.05, 3.63) is 5.57 Å². The molecule has 0 bridgehead atoms. The van der Waals surface area contributed by atoms with Gasteiger partial charge in [-0.3, -0.25) is 4.66 Å². The number of hydrogen-bond acceptors (Lipinski definition) is 1. The molecule has 15 heavy (non-hydrogen) atoms. The smallest absolute Gasteiger partial charge is 0.184 e. The second kappa shape index (κ2) is 4.27. The molecule has 0 heterocycles. The molecule has 1 nitrogen and oxygen atoms in total. The van der Waals surface area contributed by atoms with E-state index in [4.69, 9.17) is 0 Å². The molecule has 2 heteroatoms. The summed E-state index contributed by atoms with van der Waals surface area (Å²) in [5.41, 5.74) is 1.63. The van der Waals surface area contributed by atoms with Crippen LogP contribution in [0.15, 0.2) is 10.2 Å². The average molecular weight is 225 g/mol. The fraction of sp³-hybridized carbons (Fsp3) is 0.846. The van der Waals surface area contributed by atoms with Gasteiger partial charge in [0.25, 0.3) is 0 Å². The molecule has 0 aliphatic heterocycles. The lowest BCUT2D eigenvalue weighted by atomic mass is 9.73. The van der Waals surface area contributed by atoms with E-state index in [9.17, 15) is 0 Å². The van der Waals surface area contributed by atoms with E-state index in [-0.39, 0.29) is 10.8 Å². The van der Waals surface area contributed by atoms with Crippen molar-refractivity contribution in [2.45, 2.75) is 61.2 Å². The van der Waals surface area contributed by atoms with Gasteiger partial charge in [0.1, 0.15) is 0 Å². The lowest BCUT2D eigenvalue weighted by molar-refractivity contribution is 0.370. The topological polar surface area (TPSA) is 12.4 Å². The first kappa shape index (κ1) is 14.7. The molecule has 0 fully saturated rings. The Balaban J connectivity index is 5.44. The Morgan fingerprint density at radius 2 is 1.20 bits per heavy atom. The van der Waals surface area contributed by atoms with Crippen molar-refractivity contribution >= 4 is 14.1 Å². The van der Waals surface area contributed by atoms with Gasteiger partial charge in [-0.05, 0) is 36.3 Å². The van der Waals surface area contributed by atoms with Crippen LogP contribution in [0, 0.1) is 10.8 Å². The van der Waals surface area contributed by atoms with E-state index in [1.807, 2.05) is 0 Å². The lowest BCUT2D eigenvalue weighted by Crippen LogP contribution is -2.24. The molecular weight excluding hydrogens is 198 g/mol. The molecule has 0 aromatic heterocycles. The van der Waals surface area contributed by atoms with E-state index < -0.39 is 8.24 Å². The second-order valence-corrected chi connectivity index (χ2v) is 11.8. The normalized spacial score (nSPS) is 13.4. The predicted octanol–water partition coefficient (Wildman–Crippen LogP) is 4.51. The summed E-state index contributed by atoms with van der Waals surface area (Å²) in [6.45, 7) is 20.1. The minimum absolute atomic E-state index is 0.154. The Bertz CT molecular complexity index is 259. The first-order valence-electron chi connectivity index (χ1n) is 5.70. The van der Waals surface area contributed by atoms with Crippen LogP contribution >= 0.6 is 0 Å². The molecule has 0 aliphatic carbocycles. The molecule has 0 saturated carbocycles. The summed E-state index contributed by atoms with van der Waals surface area (Å²) in [6.07, 6.45) is 0. The van der Waals surface area contributed by atoms with Gasteiger partial charge in [-0.15, -0.1) is 0 Å². The summed E-state index contributed by atoms with van der Waals surface area (Å²) in [7, 11) is -1.38. The summed E-state index contributed by atoms with van der Waals surface area (Å²) in [4.78, 5) is 0. The van der Waals surface area contributed by atoms with Crippen LogP contribution in [0.1, 0.15) is 41.5 Å². The zero-order chi connectivity index (χ0) is 12.5. The SMILES string of the molecule is CC(C)(C)C(=C=N[Si](C)(C)C)C(C)(C)C. The molecule has 0 spiro atoms. The van der Waals surface area contributed by atoms with Crippen molar-refractivity contribution < 1.29 is 0 Å². The maximum atomic E-state index is 4.64. The molecule has 0 radical (unpaired) electrons. The van der Waals surface area contributed by atoms with Crippen LogP contribution in [-0.2, 0) is 0 Å². The van der Waals surface area contributed by atoms with Crippen molar-refractivity contribution in [1.29, 1.82) is 0 Å². The van der Waals surface area contributed by atoms with Gasteiger partial charge in [-0.1, -0.05) is 41.5 Å². The van der Waals surface area contributed by atoms with E-state index in [1.54, 1.807) is 0 Å². The quantitative estimate of drug-likeness (QED) is 0.460. The van der Waals surface area contributed by atoms with E-state index in [0.29, 0.717) is 0 Å². The van der Waals surface area contributed by atoms with Crippen LogP contribution in [-0.4, -0.2) is 14.1 Å². The molecule has 0 atom stereocenters. The minimum Gasteiger partial charge on any atom is -0.284 e. The molecule has 0 amide bonds. The van der Waals surface area contributed by atoms with Crippen LogP contribution in [0.4, 0.5) is 0 Å². The van der Waals surface area contributed by atoms with E-state index in [2.05, 4.69) is 71.7 Å². The summed E-state index contributed by atoms with van der Waals surface area (Å²) >= 11 is 0. The van der Waals surface area contributed by atoms with Gasteiger partial charge in [0.05, 0.1) is 0 Å². The molecule has 0 aliphatic rings. The van der Waals surface area contributed by atoms with Gasteiger partial charge >= 0.3 is 0 Å². The van der Waals surface area contributed by atoms with Crippen LogP contribution in [0.5, 0.6) is 0 Å². The Labute approximate surface area is 96.8 Å². The zero-order valence-corrected chi connectivity index (χ0v) is 12.9. The van der Waals surface area contributed by atoms with E-state index in [0.717, 1.165) is 0 Å². The maximum Gasteiger partial charge on any atom is 0.184 e. The second-order valence-electron chi connectivity index (χ2n) is 7.27. The van der Waals surface area contributed by atoms with Crippen LogP contribution in [0.2, 0.25) is 19.6 Å². The first-order chi connectivity index (χ1) is 6.34. The third-order valence-electron chi connectivity index (χ3n) is 2.00. The Kier molecular flexibility index (Phi) is 4.17. The molecule has 0 unspecified atom stereocenters. The Hall–Kier alpha value is -0.333. The highest BCUT2D eigenvalue weighted by Gasteiger charge is 2.28. The van der Waals surface area contributed by atoms with Crippen molar-refractivity contribution in [3.8, 4) is 0 Å². The number of rotatable bonds is 1. The largest absolute Gasteiger partial charge is 0.284 e. The van der Waals surface area contributed by atoms with Crippen LogP contribution < -0.4 is 0 Å². The molecule has 0 aromatic rings. The molecule has 0 rings (SSSR count). The number of hydrogen-bond donors (Lipinski definition) is 0. The van der Waals surface area contributed by atoms with Gasteiger partial charge < -0.3 is 0 Å². The predicted molar refractivity (Wildman–Crippen MR) is 73.2 cm³/mol. The zero-order valence-electron chi connectivity index (χ0n) is 11.9. The average Bonchev–Trinajstić information content (AvgIpc) is 1.75. The third kappa shape index (κ3) is 5.96. The summed E-state index contributed by atoms with van der Waals surface area (Å²) in [5.74, 6) is 3.34. The van der Waals surface area contributed by atoms with Crippen LogP contribution in [0.3, 0.4) is 0 Å². The molecule has 88 valence electrons. The number of nitrogens with zero attached hydrogens (tertiary/aromatic N) is 1. The van der Waals surface area contributed by atoms with Crippen LogP contribution in [0.25, 0.3) is 0 Å². The summed E-state index contributed by atoms with van der Waals surface area (Å²) in [6, 6.07) is 0. The van der Waals surface area contributed by atoms with E-state index in [1.165, 1.54) is 5.57 Å². The third-order valence-corrected chi connectivity index (χ3v) is 2.79. The first-order valence-corrected chi connectivity index (χ1v) is 9.14. The monoisotopic (exact) mass is 225 g/mol. The van der Waals surface area contributed by atoms with Gasteiger partial charge in [-0.25, -0.2) is 0 Å². The molecule has 0 aromatic carbocycles. The van der Waals surface area contributed by atoms with Gasteiger partial charge in [-0.2, -0.15) is 0 Å². The summed E-state index contributed by atoms with van der Waals surface area (Å²) in [5, 5.41) is 0. The van der Waals surface area contributed by atoms with Gasteiger partial charge in [0, 0.05) is 5.57 Å². The highest BCUT2D eigenvalue weighted by Crippen LogP contribution is 2.37. The maximum absolute atomic E-state index is 4.64. The molecule has 0 N–H and O–H groups in total. The Morgan fingerprint density at radius 3 is 1.40 bits per heavy atom. The minimum atomic E-state index is -1.38. The van der Waals surface area contributed by atoms with Crippen molar-refractivity contribution in [1.82, 2.24) is 0 Å². The van der Waals surface area contributed by atoms with Crippen molar-refractivity contribution in [3.63, 3.8) is 0 Å². The highest BCUT2D eigenvalue weighted by atomic mass is 28.3. The standard InChI is InChI=1S/C13H27NSi/c1-12(2,3)11(13(4,5)6)10-14-15(7,8)9/h1-9H3. The number of allylic oxidation sites excluding steroid dienone is 1. The fourth-order valence-corrected chi connectivity index (χ4v) is 2.13.